The predicted octanol–water partition coefficient (Wildman–Crippen LogP) is 1.90. The molecule has 1 fully saturated rings. The quantitative estimate of drug-likeness (QED) is 0.898. The van der Waals surface area contributed by atoms with E-state index in [-0.39, 0.29) is 23.8 Å². The molecule has 3 rings (SSSR count). The van der Waals surface area contributed by atoms with E-state index in [1.54, 1.807) is 18.3 Å². The number of hydrogen-bond donors (Lipinski definition) is 2. The highest BCUT2D eigenvalue weighted by Gasteiger charge is 2.28. The largest absolute Gasteiger partial charge is 0.503 e. The lowest BCUT2D eigenvalue weighted by Crippen LogP contribution is -2.43. The Bertz CT molecular complexity index is 571. The molecule has 0 radical (unpaired) electrons. The van der Waals surface area contributed by atoms with Gasteiger partial charge < -0.3 is 19.9 Å². The van der Waals surface area contributed by atoms with Gasteiger partial charge >= 0.3 is 0 Å². The molecule has 1 aromatic heterocycles. The summed E-state index contributed by atoms with van der Waals surface area (Å²) in [5.74, 6) is 0.253. The summed E-state index contributed by atoms with van der Waals surface area (Å²) in [6.07, 6.45) is 1.15. The van der Waals surface area contributed by atoms with E-state index in [1.165, 1.54) is 0 Å². The van der Waals surface area contributed by atoms with Crippen LogP contribution in [0.4, 0.5) is 0 Å². The van der Waals surface area contributed by atoms with E-state index in [4.69, 9.17) is 9.47 Å². The Morgan fingerprint density at radius 1 is 1.24 bits per heavy atom. The van der Waals surface area contributed by atoms with Crippen molar-refractivity contribution < 1.29 is 14.6 Å². The molecule has 1 aliphatic rings. The Balaban J connectivity index is 1.87. The summed E-state index contributed by atoms with van der Waals surface area (Å²) in [5, 5.41) is 13.2. The molecule has 1 aromatic carbocycles. The smallest absolute Gasteiger partial charge is 0.257 e. The second-order valence-corrected chi connectivity index (χ2v) is 4.89. The van der Waals surface area contributed by atoms with E-state index in [0.29, 0.717) is 13.2 Å². The van der Waals surface area contributed by atoms with Gasteiger partial charge in [-0.1, -0.05) is 30.3 Å². The Morgan fingerprint density at radius 2 is 2.10 bits per heavy atom. The molecule has 0 saturated carbocycles. The highest BCUT2D eigenvalue weighted by Crippen LogP contribution is 2.30. The summed E-state index contributed by atoms with van der Waals surface area (Å²) in [4.78, 5) is 4.09. The fourth-order valence-corrected chi connectivity index (χ4v) is 2.37. The lowest BCUT2D eigenvalue weighted by Gasteiger charge is -2.31. The van der Waals surface area contributed by atoms with E-state index in [0.717, 1.165) is 12.1 Å². The molecule has 1 aliphatic heterocycles. The highest BCUT2D eigenvalue weighted by molar-refractivity contribution is 5.32. The van der Waals surface area contributed by atoms with E-state index < -0.39 is 0 Å². The molecule has 110 valence electrons. The maximum absolute atomic E-state index is 9.86. The molecule has 2 heterocycles. The number of rotatable bonds is 4. The summed E-state index contributed by atoms with van der Waals surface area (Å²) < 4.78 is 11.8. The zero-order valence-corrected chi connectivity index (χ0v) is 11.6. The number of pyridine rings is 1. The number of morpholine rings is 1. The van der Waals surface area contributed by atoms with Crippen LogP contribution in [0.3, 0.4) is 0 Å². The van der Waals surface area contributed by atoms with Gasteiger partial charge in [0.25, 0.3) is 5.88 Å². The van der Waals surface area contributed by atoms with Crippen LogP contribution in [0.2, 0.25) is 0 Å². The molecule has 0 spiro atoms. The minimum Gasteiger partial charge on any atom is -0.503 e. The maximum Gasteiger partial charge on any atom is 0.257 e. The van der Waals surface area contributed by atoms with Gasteiger partial charge in [-0.3, -0.25) is 0 Å². The number of hydrogen-bond acceptors (Lipinski definition) is 5. The van der Waals surface area contributed by atoms with Crippen molar-refractivity contribution >= 4 is 0 Å². The summed E-state index contributed by atoms with van der Waals surface area (Å²) >= 11 is 0. The predicted molar refractivity (Wildman–Crippen MR) is 78.3 cm³/mol. The van der Waals surface area contributed by atoms with Gasteiger partial charge in [0.1, 0.15) is 6.10 Å². The molecule has 5 heteroatoms. The molecule has 0 amide bonds. The van der Waals surface area contributed by atoms with E-state index >= 15 is 0 Å². The zero-order chi connectivity index (χ0) is 14.5. The van der Waals surface area contributed by atoms with Crippen molar-refractivity contribution in [1.82, 2.24) is 10.3 Å². The Kier molecular flexibility index (Phi) is 4.33. The second kappa shape index (κ2) is 6.56. The second-order valence-electron chi connectivity index (χ2n) is 4.89. The zero-order valence-electron chi connectivity index (χ0n) is 11.6. The third-order valence-corrected chi connectivity index (χ3v) is 3.41. The van der Waals surface area contributed by atoms with Crippen LogP contribution >= 0.6 is 0 Å². The monoisotopic (exact) mass is 286 g/mol. The van der Waals surface area contributed by atoms with Crippen LogP contribution in [0, 0.1) is 0 Å². The summed E-state index contributed by atoms with van der Waals surface area (Å²) in [5.41, 5.74) is 0.997. The van der Waals surface area contributed by atoms with Crippen molar-refractivity contribution in [3.8, 4) is 11.6 Å². The first-order valence-corrected chi connectivity index (χ1v) is 7.02. The standard InChI is InChI=1S/C16H18N2O3/c19-13-7-4-8-18-16(13)21-15(12-5-2-1-3-6-12)14-11-17-9-10-20-14/h1-8,14-15,17,19H,9-11H2/t14-,15-/m0/s1. The van der Waals surface area contributed by atoms with Gasteiger partial charge in [-0.05, 0) is 17.7 Å². The van der Waals surface area contributed by atoms with Crippen LogP contribution in [-0.4, -0.2) is 35.9 Å². The number of ether oxygens (including phenoxy) is 2. The first-order valence-electron chi connectivity index (χ1n) is 7.02. The SMILES string of the molecule is Oc1cccnc1O[C@@H](c1ccccc1)[C@@H]1CNCCO1. The molecule has 0 unspecified atom stereocenters. The minimum atomic E-state index is -0.320. The number of nitrogens with one attached hydrogen (secondary N) is 1. The van der Waals surface area contributed by atoms with E-state index in [2.05, 4.69) is 10.3 Å². The van der Waals surface area contributed by atoms with Crippen LogP contribution in [0.5, 0.6) is 11.6 Å². The van der Waals surface area contributed by atoms with Crippen LogP contribution in [0.15, 0.2) is 48.7 Å². The van der Waals surface area contributed by atoms with Gasteiger partial charge in [0.2, 0.25) is 0 Å². The van der Waals surface area contributed by atoms with E-state index in [1.807, 2.05) is 30.3 Å². The lowest BCUT2D eigenvalue weighted by molar-refractivity contribution is -0.0452. The molecule has 0 aliphatic carbocycles. The lowest BCUT2D eigenvalue weighted by atomic mass is 10.0. The Morgan fingerprint density at radius 3 is 2.81 bits per heavy atom. The average Bonchev–Trinajstić information content (AvgIpc) is 2.56. The molecule has 5 nitrogen and oxygen atoms in total. The molecule has 1 saturated heterocycles. The Labute approximate surface area is 123 Å². The Hall–Kier alpha value is -2.11. The van der Waals surface area contributed by atoms with Crippen molar-refractivity contribution in [2.45, 2.75) is 12.2 Å². The van der Waals surface area contributed by atoms with Crippen LogP contribution in [-0.2, 0) is 4.74 Å². The third-order valence-electron chi connectivity index (χ3n) is 3.41. The number of aromatic hydroxyl groups is 1. The van der Waals surface area contributed by atoms with Crippen LogP contribution in [0.1, 0.15) is 11.7 Å². The topological polar surface area (TPSA) is 63.6 Å². The van der Waals surface area contributed by atoms with Gasteiger partial charge in [-0.25, -0.2) is 4.98 Å². The van der Waals surface area contributed by atoms with E-state index in [9.17, 15) is 5.11 Å². The molecule has 2 aromatic rings. The fourth-order valence-electron chi connectivity index (χ4n) is 2.37. The number of aromatic nitrogens is 1. The first-order chi connectivity index (χ1) is 10.3. The average molecular weight is 286 g/mol. The highest BCUT2D eigenvalue weighted by atomic mass is 16.6. The normalized spacial score (nSPS) is 19.9. The van der Waals surface area contributed by atoms with Crippen molar-refractivity contribution in [3.05, 3.63) is 54.2 Å². The van der Waals surface area contributed by atoms with Crippen molar-refractivity contribution in [2.24, 2.45) is 0 Å². The number of benzene rings is 1. The molecular weight excluding hydrogens is 268 g/mol. The maximum atomic E-state index is 9.86. The molecular formula is C16H18N2O3. The van der Waals surface area contributed by atoms with Crippen LogP contribution in [0.25, 0.3) is 0 Å². The summed E-state index contributed by atoms with van der Waals surface area (Å²) in [7, 11) is 0. The van der Waals surface area contributed by atoms with Gasteiger partial charge in [0, 0.05) is 19.3 Å². The molecule has 21 heavy (non-hydrogen) atoms. The summed E-state index contributed by atoms with van der Waals surface area (Å²) in [6.45, 7) is 2.19. The van der Waals surface area contributed by atoms with Gasteiger partial charge in [0.15, 0.2) is 11.9 Å². The fraction of sp³-hybridized carbons (Fsp3) is 0.312. The molecule has 0 bridgehead atoms. The first kappa shape index (κ1) is 13.9. The van der Waals surface area contributed by atoms with Crippen molar-refractivity contribution in [1.29, 1.82) is 0 Å². The number of nitrogens with zero attached hydrogens (tertiary/aromatic N) is 1. The minimum absolute atomic E-state index is 0.0298. The van der Waals surface area contributed by atoms with Gasteiger partial charge in [-0.15, -0.1) is 0 Å². The molecule has 2 atom stereocenters. The van der Waals surface area contributed by atoms with Crippen molar-refractivity contribution in [3.63, 3.8) is 0 Å². The van der Waals surface area contributed by atoms with Gasteiger partial charge in [-0.2, -0.15) is 0 Å². The summed E-state index contributed by atoms with van der Waals surface area (Å²) in [6, 6.07) is 13.1. The third kappa shape index (κ3) is 3.32. The van der Waals surface area contributed by atoms with Gasteiger partial charge in [0.05, 0.1) is 6.61 Å². The van der Waals surface area contributed by atoms with Crippen LogP contribution < -0.4 is 10.1 Å². The molecule has 2 N–H and O–H groups in total. The van der Waals surface area contributed by atoms with Crippen molar-refractivity contribution in [2.75, 3.05) is 19.7 Å².